The number of fused-ring (bicyclic) bond motifs is 1. The van der Waals surface area contributed by atoms with Crippen LogP contribution in [-0.4, -0.2) is 17.5 Å². The maximum atomic E-state index is 12.3. The lowest BCUT2D eigenvalue weighted by Gasteiger charge is -2.08. The minimum atomic E-state index is -0.370. The smallest absolute Gasteiger partial charge is 0.274 e. The van der Waals surface area contributed by atoms with Crippen LogP contribution in [0.4, 0.5) is 5.69 Å². The van der Waals surface area contributed by atoms with Gasteiger partial charge in [0.25, 0.3) is 5.91 Å². The number of aryl methyl sites for hydroxylation is 1. The van der Waals surface area contributed by atoms with Crippen LogP contribution in [-0.2, 0) is 4.79 Å². The summed E-state index contributed by atoms with van der Waals surface area (Å²) in [6, 6.07) is 15.1. The maximum Gasteiger partial charge on any atom is 0.274 e. The Kier molecular flexibility index (Phi) is 5.12. The van der Waals surface area contributed by atoms with Gasteiger partial charge in [-0.25, -0.2) is 5.43 Å². The molecule has 0 fully saturated rings. The van der Waals surface area contributed by atoms with E-state index in [4.69, 9.17) is 4.42 Å². The van der Waals surface area contributed by atoms with Crippen LogP contribution in [0.25, 0.3) is 10.8 Å². The van der Waals surface area contributed by atoms with E-state index in [-0.39, 0.29) is 18.2 Å². The van der Waals surface area contributed by atoms with E-state index in [0.717, 1.165) is 16.5 Å². The Bertz CT molecular complexity index is 983. The third-order valence-corrected chi connectivity index (χ3v) is 3.93. The average Bonchev–Trinajstić information content (AvgIpc) is 3.06. The summed E-state index contributed by atoms with van der Waals surface area (Å²) in [4.78, 5) is 24.2. The second kappa shape index (κ2) is 7.65. The van der Waals surface area contributed by atoms with E-state index in [1.54, 1.807) is 19.9 Å². The first-order valence-corrected chi connectivity index (χ1v) is 8.20. The summed E-state index contributed by atoms with van der Waals surface area (Å²) in [5, 5.41) is 8.90. The molecule has 0 aliphatic rings. The number of furan rings is 1. The minimum absolute atomic E-state index is 0.0773. The van der Waals surface area contributed by atoms with Crippen LogP contribution in [0, 0.1) is 6.92 Å². The van der Waals surface area contributed by atoms with E-state index >= 15 is 0 Å². The molecule has 0 atom stereocenters. The largest absolute Gasteiger partial charge is 0.469 e. The third-order valence-electron chi connectivity index (χ3n) is 3.93. The van der Waals surface area contributed by atoms with Crippen molar-refractivity contribution in [2.45, 2.75) is 20.3 Å². The molecule has 1 heterocycles. The monoisotopic (exact) mass is 349 g/mol. The molecule has 132 valence electrons. The average molecular weight is 349 g/mol. The predicted molar refractivity (Wildman–Crippen MR) is 101 cm³/mol. The summed E-state index contributed by atoms with van der Waals surface area (Å²) in [6.07, 6.45) is 1.52. The van der Waals surface area contributed by atoms with E-state index in [2.05, 4.69) is 15.8 Å². The molecule has 3 aromatic rings. The van der Waals surface area contributed by atoms with Gasteiger partial charge in [-0.2, -0.15) is 5.10 Å². The fraction of sp³-hybridized carbons (Fsp3) is 0.150. The SMILES string of the molecule is C/C(CC(=O)Nc1cccc2ccccc12)=N/NC(=O)c1ccoc1C. The topological polar surface area (TPSA) is 83.7 Å². The van der Waals surface area contributed by atoms with E-state index in [1.807, 2.05) is 42.5 Å². The van der Waals surface area contributed by atoms with Gasteiger partial charge in [-0.05, 0) is 31.4 Å². The van der Waals surface area contributed by atoms with Crippen LogP contribution >= 0.6 is 0 Å². The van der Waals surface area contributed by atoms with Gasteiger partial charge < -0.3 is 9.73 Å². The predicted octanol–water partition coefficient (Wildman–Crippen LogP) is 3.88. The van der Waals surface area contributed by atoms with Gasteiger partial charge >= 0.3 is 0 Å². The number of amides is 2. The van der Waals surface area contributed by atoms with Gasteiger partial charge in [0.15, 0.2) is 0 Å². The molecule has 3 rings (SSSR count). The highest BCUT2D eigenvalue weighted by Gasteiger charge is 2.11. The first-order valence-electron chi connectivity index (χ1n) is 8.20. The molecular formula is C20H19N3O3. The normalized spacial score (nSPS) is 11.4. The number of carbonyl (C=O) groups is 2. The molecule has 1 aromatic heterocycles. The minimum Gasteiger partial charge on any atom is -0.469 e. The Labute approximate surface area is 150 Å². The Morgan fingerprint density at radius 2 is 1.85 bits per heavy atom. The summed E-state index contributed by atoms with van der Waals surface area (Å²) in [5.41, 5.74) is 4.10. The van der Waals surface area contributed by atoms with Crippen molar-refractivity contribution in [3.05, 3.63) is 66.1 Å². The van der Waals surface area contributed by atoms with Crippen molar-refractivity contribution in [3.63, 3.8) is 0 Å². The molecule has 2 aromatic carbocycles. The molecule has 2 N–H and O–H groups in total. The number of hydrogen-bond donors (Lipinski definition) is 2. The van der Waals surface area contributed by atoms with Crippen molar-refractivity contribution in [2.75, 3.05) is 5.32 Å². The molecule has 26 heavy (non-hydrogen) atoms. The Morgan fingerprint density at radius 3 is 2.62 bits per heavy atom. The summed E-state index contributed by atoms with van der Waals surface area (Å²) in [6.45, 7) is 3.38. The standard InChI is InChI=1S/C20H19N3O3/c1-13(22-23-20(25)16-10-11-26-14(16)2)12-19(24)21-18-9-5-7-15-6-3-4-8-17(15)18/h3-11H,12H2,1-2H3,(H,21,24)(H,23,25)/b22-13-. The number of nitrogens with one attached hydrogen (secondary N) is 2. The quantitative estimate of drug-likeness (QED) is 0.542. The van der Waals surface area contributed by atoms with E-state index < -0.39 is 0 Å². The second-order valence-electron chi connectivity index (χ2n) is 5.93. The maximum absolute atomic E-state index is 12.3. The van der Waals surface area contributed by atoms with E-state index in [0.29, 0.717) is 17.0 Å². The second-order valence-corrected chi connectivity index (χ2v) is 5.93. The van der Waals surface area contributed by atoms with Crippen LogP contribution in [0.3, 0.4) is 0 Å². The molecular weight excluding hydrogens is 330 g/mol. The Hall–Kier alpha value is -3.41. The van der Waals surface area contributed by atoms with Crippen LogP contribution in [0.1, 0.15) is 29.5 Å². The van der Waals surface area contributed by atoms with Crippen molar-refractivity contribution >= 4 is 34.0 Å². The van der Waals surface area contributed by atoms with Gasteiger partial charge in [0.05, 0.1) is 18.2 Å². The molecule has 0 spiro atoms. The van der Waals surface area contributed by atoms with Crippen LogP contribution in [0.2, 0.25) is 0 Å². The summed E-state index contributed by atoms with van der Waals surface area (Å²) in [7, 11) is 0. The fourth-order valence-corrected chi connectivity index (χ4v) is 2.63. The van der Waals surface area contributed by atoms with Crippen molar-refractivity contribution in [1.82, 2.24) is 5.43 Å². The summed E-state index contributed by atoms with van der Waals surface area (Å²) >= 11 is 0. The number of anilines is 1. The van der Waals surface area contributed by atoms with Gasteiger partial charge in [0, 0.05) is 16.8 Å². The van der Waals surface area contributed by atoms with Gasteiger partial charge in [-0.3, -0.25) is 9.59 Å². The van der Waals surface area contributed by atoms with Gasteiger partial charge in [0.1, 0.15) is 5.76 Å². The zero-order valence-corrected chi connectivity index (χ0v) is 14.6. The molecule has 0 saturated heterocycles. The zero-order valence-electron chi connectivity index (χ0n) is 14.6. The summed E-state index contributed by atoms with van der Waals surface area (Å²) in [5.74, 6) is -0.0505. The molecule has 0 saturated carbocycles. The first kappa shape index (κ1) is 17.4. The number of carbonyl (C=O) groups excluding carboxylic acids is 2. The number of rotatable bonds is 5. The highest BCUT2D eigenvalue weighted by molar-refractivity contribution is 6.09. The van der Waals surface area contributed by atoms with Crippen molar-refractivity contribution < 1.29 is 14.0 Å². The van der Waals surface area contributed by atoms with Crippen molar-refractivity contribution in [1.29, 1.82) is 0 Å². The highest BCUT2D eigenvalue weighted by atomic mass is 16.3. The molecule has 6 heteroatoms. The Morgan fingerprint density at radius 1 is 1.08 bits per heavy atom. The molecule has 0 aliphatic carbocycles. The summed E-state index contributed by atoms with van der Waals surface area (Å²) < 4.78 is 5.09. The fourth-order valence-electron chi connectivity index (χ4n) is 2.63. The van der Waals surface area contributed by atoms with E-state index in [9.17, 15) is 9.59 Å². The van der Waals surface area contributed by atoms with Gasteiger partial charge in [0.2, 0.25) is 5.91 Å². The lowest BCUT2D eigenvalue weighted by molar-refractivity contribution is -0.115. The van der Waals surface area contributed by atoms with Gasteiger partial charge in [-0.15, -0.1) is 0 Å². The zero-order chi connectivity index (χ0) is 18.5. The molecule has 0 radical (unpaired) electrons. The molecule has 6 nitrogen and oxygen atoms in total. The molecule has 2 amide bonds. The number of nitrogens with zero attached hydrogens (tertiary/aromatic N) is 1. The third kappa shape index (κ3) is 3.97. The Balaban J connectivity index is 1.62. The number of hydrogen-bond acceptors (Lipinski definition) is 4. The van der Waals surface area contributed by atoms with Crippen molar-refractivity contribution in [2.24, 2.45) is 5.10 Å². The number of benzene rings is 2. The number of hydrazone groups is 1. The lowest BCUT2D eigenvalue weighted by atomic mass is 10.1. The molecule has 0 bridgehead atoms. The molecule has 0 unspecified atom stereocenters. The van der Waals surface area contributed by atoms with Gasteiger partial charge in [-0.1, -0.05) is 36.4 Å². The highest BCUT2D eigenvalue weighted by Crippen LogP contribution is 2.23. The first-order chi connectivity index (χ1) is 12.5. The van der Waals surface area contributed by atoms with Crippen molar-refractivity contribution in [3.8, 4) is 0 Å². The van der Waals surface area contributed by atoms with E-state index in [1.165, 1.54) is 6.26 Å². The molecule has 0 aliphatic heterocycles. The lowest BCUT2D eigenvalue weighted by Crippen LogP contribution is -2.21. The van der Waals surface area contributed by atoms with Crippen LogP contribution in [0.5, 0.6) is 0 Å². The van der Waals surface area contributed by atoms with Crippen LogP contribution in [0.15, 0.2) is 64.3 Å². The van der Waals surface area contributed by atoms with Crippen LogP contribution < -0.4 is 10.7 Å².